The van der Waals surface area contributed by atoms with Gasteiger partial charge in [-0.05, 0) is 44.4 Å². The van der Waals surface area contributed by atoms with Gasteiger partial charge in [0.1, 0.15) is 11.3 Å². The minimum absolute atomic E-state index is 0.172. The van der Waals surface area contributed by atoms with Gasteiger partial charge in [-0.1, -0.05) is 12.8 Å². The highest BCUT2D eigenvalue weighted by Crippen LogP contribution is 2.22. The number of amides is 1. The summed E-state index contributed by atoms with van der Waals surface area (Å²) in [4.78, 5) is 35.5. The maximum atomic E-state index is 12.0. The average Bonchev–Trinajstić information content (AvgIpc) is 3.12. The molecule has 7 nitrogen and oxygen atoms in total. The van der Waals surface area contributed by atoms with Crippen LogP contribution in [0.1, 0.15) is 38.2 Å². The molecule has 1 N–H and O–H groups in total. The Labute approximate surface area is 156 Å². The van der Waals surface area contributed by atoms with E-state index in [4.69, 9.17) is 13.9 Å². The van der Waals surface area contributed by atoms with Crippen molar-refractivity contribution in [1.82, 2.24) is 5.32 Å². The second kappa shape index (κ2) is 8.24. The second-order valence-corrected chi connectivity index (χ2v) is 6.82. The average molecular weight is 373 g/mol. The van der Waals surface area contributed by atoms with Crippen LogP contribution in [0, 0.1) is 6.92 Å². The summed E-state index contributed by atoms with van der Waals surface area (Å²) in [5.74, 6) is -0.565. The topological polar surface area (TPSA) is 94.8 Å². The zero-order chi connectivity index (χ0) is 19.4. The van der Waals surface area contributed by atoms with Gasteiger partial charge in [-0.15, -0.1) is 0 Å². The van der Waals surface area contributed by atoms with Gasteiger partial charge in [-0.3, -0.25) is 4.79 Å². The van der Waals surface area contributed by atoms with Crippen LogP contribution >= 0.6 is 0 Å². The van der Waals surface area contributed by atoms with Crippen LogP contribution in [0.25, 0.3) is 11.0 Å². The Balaban J connectivity index is 1.53. The summed E-state index contributed by atoms with van der Waals surface area (Å²) < 4.78 is 15.7. The summed E-state index contributed by atoms with van der Waals surface area (Å²) >= 11 is 0. The summed E-state index contributed by atoms with van der Waals surface area (Å²) in [6.45, 7) is 3.01. The van der Waals surface area contributed by atoms with Crippen molar-refractivity contribution in [2.24, 2.45) is 0 Å². The third kappa shape index (κ3) is 4.87. The zero-order valence-electron chi connectivity index (χ0n) is 15.4. The highest BCUT2D eigenvalue weighted by Gasteiger charge is 2.23. The van der Waals surface area contributed by atoms with Gasteiger partial charge in [-0.2, -0.15) is 0 Å². The number of ether oxygens (including phenoxy) is 2. The molecule has 144 valence electrons. The third-order valence-corrected chi connectivity index (χ3v) is 4.66. The first kappa shape index (κ1) is 18.9. The number of carbonyl (C=O) groups is 2. The number of hydrogen-bond donors (Lipinski definition) is 1. The van der Waals surface area contributed by atoms with Crippen LogP contribution in [0.5, 0.6) is 5.75 Å². The molecule has 1 atom stereocenters. The van der Waals surface area contributed by atoms with Crippen LogP contribution in [0.2, 0.25) is 0 Å². The van der Waals surface area contributed by atoms with Gasteiger partial charge < -0.3 is 19.2 Å². The Morgan fingerprint density at radius 2 is 2.00 bits per heavy atom. The molecule has 1 saturated carbocycles. The highest BCUT2D eigenvalue weighted by atomic mass is 16.6. The number of nitrogens with one attached hydrogen (secondary N) is 1. The van der Waals surface area contributed by atoms with Crippen LogP contribution in [0.4, 0.5) is 0 Å². The largest absolute Gasteiger partial charge is 0.482 e. The molecule has 1 amide bonds. The zero-order valence-corrected chi connectivity index (χ0v) is 15.4. The van der Waals surface area contributed by atoms with Gasteiger partial charge in [-0.25, -0.2) is 9.59 Å². The number of hydrogen-bond acceptors (Lipinski definition) is 6. The highest BCUT2D eigenvalue weighted by molar-refractivity contribution is 5.84. The number of benzene rings is 1. The first-order valence-corrected chi connectivity index (χ1v) is 9.09. The maximum absolute atomic E-state index is 12.0. The number of rotatable bonds is 6. The van der Waals surface area contributed by atoms with E-state index in [2.05, 4.69) is 5.32 Å². The van der Waals surface area contributed by atoms with Gasteiger partial charge >= 0.3 is 11.6 Å². The summed E-state index contributed by atoms with van der Waals surface area (Å²) in [7, 11) is 0. The first-order valence-electron chi connectivity index (χ1n) is 9.09. The van der Waals surface area contributed by atoms with Crippen molar-refractivity contribution in [2.75, 3.05) is 6.61 Å². The molecule has 0 saturated heterocycles. The lowest BCUT2D eigenvalue weighted by molar-refractivity contribution is -0.156. The second-order valence-electron chi connectivity index (χ2n) is 6.82. The minimum Gasteiger partial charge on any atom is -0.482 e. The van der Waals surface area contributed by atoms with Crippen LogP contribution in [0.3, 0.4) is 0 Å². The monoisotopic (exact) mass is 373 g/mol. The van der Waals surface area contributed by atoms with E-state index in [-0.39, 0.29) is 18.6 Å². The Kier molecular flexibility index (Phi) is 5.78. The fourth-order valence-electron chi connectivity index (χ4n) is 3.21. The molecule has 1 fully saturated rings. The predicted octanol–water partition coefficient (Wildman–Crippen LogP) is 2.47. The molecular weight excluding hydrogens is 350 g/mol. The molecular formula is C20H23NO6. The number of aryl methyl sites for hydroxylation is 1. The Morgan fingerprint density at radius 3 is 2.74 bits per heavy atom. The molecule has 27 heavy (non-hydrogen) atoms. The lowest BCUT2D eigenvalue weighted by Gasteiger charge is -2.17. The number of fused-ring (bicyclic) bond motifs is 1. The Hall–Kier alpha value is -2.83. The van der Waals surface area contributed by atoms with Crippen molar-refractivity contribution >= 4 is 22.8 Å². The lowest BCUT2D eigenvalue weighted by Crippen LogP contribution is -2.41. The van der Waals surface area contributed by atoms with E-state index >= 15 is 0 Å². The Bertz CT molecular complexity index is 897. The molecule has 7 heteroatoms. The third-order valence-electron chi connectivity index (χ3n) is 4.66. The number of carbonyl (C=O) groups excluding carboxylic acids is 2. The quantitative estimate of drug-likeness (QED) is 0.617. The molecule has 0 spiro atoms. The van der Waals surface area contributed by atoms with Crippen LogP contribution in [-0.4, -0.2) is 30.6 Å². The molecule has 1 aliphatic carbocycles. The summed E-state index contributed by atoms with van der Waals surface area (Å²) in [5, 5.41) is 3.68. The van der Waals surface area contributed by atoms with E-state index in [9.17, 15) is 14.4 Å². The lowest BCUT2D eigenvalue weighted by atomic mass is 10.1. The van der Waals surface area contributed by atoms with Gasteiger partial charge in [0, 0.05) is 23.6 Å². The molecule has 1 aromatic carbocycles. The van der Waals surface area contributed by atoms with Crippen LogP contribution in [-0.2, 0) is 14.3 Å². The minimum atomic E-state index is -0.876. The molecule has 0 radical (unpaired) electrons. The molecule has 0 aliphatic heterocycles. The Morgan fingerprint density at radius 1 is 1.26 bits per heavy atom. The first-order chi connectivity index (χ1) is 12.9. The molecule has 3 rings (SSSR count). The normalized spacial score (nSPS) is 15.5. The van der Waals surface area contributed by atoms with E-state index in [0.29, 0.717) is 11.3 Å². The molecule has 1 heterocycles. The summed E-state index contributed by atoms with van der Waals surface area (Å²) in [6.07, 6.45) is 3.27. The van der Waals surface area contributed by atoms with Crippen LogP contribution in [0.15, 0.2) is 33.5 Å². The van der Waals surface area contributed by atoms with Crippen molar-refractivity contribution in [3.63, 3.8) is 0 Å². The van der Waals surface area contributed by atoms with E-state index in [0.717, 1.165) is 36.6 Å². The van der Waals surface area contributed by atoms with Gasteiger partial charge in [0.15, 0.2) is 12.7 Å². The maximum Gasteiger partial charge on any atom is 0.344 e. The van der Waals surface area contributed by atoms with Crippen molar-refractivity contribution in [3.8, 4) is 5.75 Å². The summed E-state index contributed by atoms with van der Waals surface area (Å²) in [5.41, 5.74) is 0.739. The van der Waals surface area contributed by atoms with E-state index in [1.807, 2.05) is 6.92 Å². The summed E-state index contributed by atoms with van der Waals surface area (Å²) in [6, 6.07) is 6.57. The fraction of sp³-hybridized carbons (Fsp3) is 0.450. The molecule has 1 aliphatic rings. The predicted molar refractivity (Wildman–Crippen MR) is 98.7 cm³/mol. The smallest absolute Gasteiger partial charge is 0.344 e. The van der Waals surface area contributed by atoms with Crippen molar-refractivity contribution in [3.05, 3.63) is 40.2 Å². The standard InChI is InChI=1S/C20H23NO6/c1-12-9-18(22)27-17-10-15(7-8-16(12)17)25-11-19(23)26-13(2)20(24)21-14-5-3-4-6-14/h7-10,13-14H,3-6,11H2,1-2H3,(H,21,24)/t13-/m0/s1. The molecule has 0 bridgehead atoms. The van der Waals surface area contributed by atoms with Crippen molar-refractivity contribution in [2.45, 2.75) is 51.7 Å². The molecule has 0 unspecified atom stereocenters. The van der Waals surface area contributed by atoms with E-state index in [1.165, 1.54) is 13.0 Å². The molecule has 1 aromatic heterocycles. The SMILES string of the molecule is Cc1cc(=O)oc2cc(OCC(=O)O[C@@H](C)C(=O)NC3CCCC3)ccc12. The van der Waals surface area contributed by atoms with E-state index < -0.39 is 17.7 Å². The van der Waals surface area contributed by atoms with E-state index in [1.54, 1.807) is 18.2 Å². The molecule has 2 aromatic rings. The number of esters is 1. The van der Waals surface area contributed by atoms with Gasteiger partial charge in [0.25, 0.3) is 5.91 Å². The van der Waals surface area contributed by atoms with Gasteiger partial charge in [0.05, 0.1) is 0 Å². The van der Waals surface area contributed by atoms with Crippen molar-refractivity contribution in [1.29, 1.82) is 0 Å². The van der Waals surface area contributed by atoms with Crippen LogP contribution < -0.4 is 15.7 Å². The van der Waals surface area contributed by atoms with Crippen molar-refractivity contribution < 1.29 is 23.5 Å². The van der Waals surface area contributed by atoms with Gasteiger partial charge in [0.2, 0.25) is 0 Å². The fourth-order valence-corrected chi connectivity index (χ4v) is 3.21.